The molecule has 2 N–H and O–H groups in total. The highest BCUT2D eigenvalue weighted by Crippen LogP contribution is 2.38. The first-order valence-electron chi connectivity index (χ1n) is 4.74. The Bertz CT molecular complexity index is 560. The van der Waals surface area contributed by atoms with Crippen LogP contribution in [0.1, 0.15) is 0 Å². The third-order valence-corrected chi connectivity index (χ3v) is 3.06. The Labute approximate surface area is 108 Å². The minimum Gasteiger partial charge on any atom is -0.491 e. The van der Waals surface area contributed by atoms with Crippen LogP contribution in [0, 0.1) is 0 Å². The number of halogens is 2. The molecule has 0 aliphatic heterocycles. The van der Waals surface area contributed by atoms with E-state index in [0.717, 1.165) is 0 Å². The predicted octanol–water partition coefficient (Wildman–Crippen LogP) is 3.04. The largest absolute Gasteiger partial charge is 0.491 e. The zero-order valence-corrected chi connectivity index (χ0v) is 10.5. The Morgan fingerprint density at radius 2 is 2.00 bits per heavy atom. The van der Waals surface area contributed by atoms with Crippen molar-refractivity contribution in [2.24, 2.45) is 0 Å². The molecular formula is C11H9Cl2N3O. The van der Waals surface area contributed by atoms with Gasteiger partial charge in [0.2, 0.25) is 0 Å². The molecule has 4 nitrogen and oxygen atoms in total. The van der Waals surface area contributed by atoms with Crippen LogP contribution in [0.5, 0.6) is 5.75 Å². The van der Waals surface area contributed by atoms with E-state index in [-0.39, 0.29) is 5.82 Å². The third-order valence-electron chi connectivity index (χ3n) is 2.24. The van der Waals surface area contributed by atoms with Crippen LogP contribution in [0.2, 0.25) is 10.0 Å². The molecule has 0 atom stereocenters. The number of nitrogens with two attached hydrogens (primary N) is 1. The summed E-state index contributed by atoms with van der Waals surface area (Å²) in [6, 6.07) is 5.27. The summed E-state index contributed by atoms with van der Waals surface area (Å²) in [6.07, 6.45) is 1.35. The van der Waals surface area contributed by atoms with Crippen LogP contribution in [0.3, 0.4) is 0 Å². The van der Waals surface area contributed by atoms with Gasteiger partial charge in [-0.2, -0.15) is 0 Å². The van der Waals surface area contributed by atoms with Crippen molar-refractivity contribution in [2.75, 3.05) is 12.8 Å². The topological polar surface area (TPSA) is 61.0 Å². The summed E-state index contributed by atoms with van der Waals surface area (Å²) in [7, 11) is 1.50. The first-order valence-corrected chi connectivity index (χ1v) is 5.49. The number of anilines is 1. The van der Waals surface area contributed by atoms with Crippen LogP contribution in [-0.4, -0.2) is 17.1 Å². The lowest BCUT2D eigenvalue weighted by atomic mass is 10.1. The lowest BCUT2D eigenvalue weighted by Crippen LogP contribution is -2.00. The number of nitrogens with zero attached hydrogens (tertiary/aromatic N) is 2. The molecule has 0 unspecified atom stereocenters. The van der Waals surface area contributed by atoms with Gasteiger partial charge in [0, 0.05) is 5.56 Å². The molecule has 0 fully saturated rings. The van der Waals surface area contributed by atoms with E-state index in [9.17, 15) is 0 Å². The molecule has 0 saturated carbocycles. The van der Waals surface area contributed by atoms with Crippen molar-refractivity contribution in [3.05, 3.63) is 34.6 Å². The van der Waals surface area contributed by atoms with E-state index in [4.69, 9.17) is 33.7 Å². The lowest BCUT2D eigenvalue weighted by molar-refractivity contribution is 0.415. The van der Waals surface area contributed by atoms with Crippen molar-refractivity contribution in [2.45, 2.75) is 0 Å². The Balaban J connectivity index is 2.68. The zero-order chi connectivity index (χ0) is 12.4. The number of hydrogen-bond acceptors (Lipinski definition) is 4. The molecule has 1 aromatic heterocycles. The fourth-order valence-corrected chi connectivity index (χ4v) is 1.86. The molecule has 2 aromatic rings. The number of rotatable bonds is 2. The summed E-state index contributed by atoms with van der Waals surface area (Å²) in [4.78, 5) is 7.98. The van der Waals surface area contributed by atoms with Crippen molar-refractivity contribution in [1.29, 1.82) is 0 Å². The number of ether oxygens (including phenoxy) is 1. The highest BCUT2D eigenvalue weighted by atomic mass is 35.5. The molecule has 0 amide bonds. The number of benzene rings is 1. The Morgan fingerprint density at radius 1 is 1.24 bits per heavy atom. The SMILES string of the molecule is COc1c(N)ncnc1-c1cccc(Cl)c1Cl. The zero-order valence-electron chi connectivity index (χ0n) is 8.95. The maximum Gasteiger partial charge on any atom is 0.187 e. The van der Waals surface area contributed by atoms with Gasteiger partial charge in [-0.25, -0.2) is 9.97 Å². The smallest absolute Gasteiger partial charge is 0.187 e. The van der Waals surface area contributed by atoms with Crippen LogP contribution in [0.4, 0.5) is 5.82 Å². The second-order valence-electron chi connectivity index (χ2n) is 3.24. The van der Waals surface area contributed by atoms with Crippen LogP contribution in [-0.2, 0) is 0 Å². The van der Waals surface area contributed by atoms with Gasteiger partial charge >= 0.3 is 0 Å². The second kappa shape index (κ2) is 4.77. The molecule has 2 rings (SSSR count). The molecule has 88 valence electrons. The molecule has 0 aliphatic rings. The van der Waals surface area contributed by atoms with Crippen molar-refractivity contribution in [3.63, 3.8) is 0 Å². The highest BCUT2D eigenvalue weighted by Gasteiger charge is 2.15. The standard InChI is InChI=1S/C11H9Cl2N3O/c1-17-10-9(15-5-16-11(10)14)6-3-2-4-7(12)8(6)13/h2-5H,1H3,(H2,14,15,16). The van der Waals surface area contributed by atoms with Gasteiger partial charge in [0.15, 0.2) is 11.6 Å². The Kier molecular flexibility index (Phi) is 3.36. The minimum atomic E-state index is 0.258. The number of hydrogen-bond donors (Lipinski definition) is 1. The summed E-state index contributed by atoms with van der Waals surface area (Å²) < 4.78 is 5.17. The van der Waals surface area contributed by atoms with E-state index in [2.05, 4.69) is 9.97 Å². The lowest BCUT2D eigenvalue weighted by Gasteiger charge is -2.10. The molecule has 0 aliphatic carbocycles. The highest BCUT2D eigenvalue weighted by molar-refractivity contribution is 6.43. The van der Waals surface area contributed by atoms with E-state index < -0.39 is 0 Å². The van der Waals surface area contributed by atoms with Gasteiger partial charge < -0.3 is 10.5 Å². The summed E-state index contributed by atoms with van der Waals surface area (Å²) in [5, 5.41) is 0.856. The van der Waals surface area contributed by atoms with E-state index in [1.54, 1.807) is 18.2 Å². The summed E-state index contributed by atoms with van der Waals surface area (Å²) in [6.45, 7) is 0. The molecule has 17 heavy (non-hydrogen) atoms. The van der Waals surface area contributed by atoms with Crippen molar-refractivity contribution < 1.29 is 4.74 Å². The van der Waals surface area contributed by atoms with Crippen LogP contribution in [0.15, 0.2) is 24.5 Å². The Morgan fingerprint density at radius 3 is 2.71 bits per heavy atom. The van der Waals surface area contributed by atoms with Gasteiger partial charge in [0.05, 0.1) is 17.2 Å². The van der Waals surface area contributed by atoms with Crippen LogP contribution < -0.4 is 10.5 Å². The fraction of sp³-hybridized carbons (Fsp3) is 0.0909. The van der Waals surface area contributed by atoms with Gasteiger partial charge in [-0.3, -0.25) is 0 Å². The molecule has 1 aromatic carbocycles. The number of methoxy groups -OCH3 is 1. The van der Waals surface area contributed by atoms with Gasteiger partial charge in [0.25, 0.3) is 0 Å². The first kappa shape index (κ1) is 12.0. The average molecular weight is 270 g/mol. The van der Waals surface area contributed by atoms with Gasteiger partial charge in [-0.1, -0.05) is 35.3 Å². The van der Waals surface area contributed by atoms with Gasteiger partial charge in [-0.05, 0) is 6.07 Å². The Hall–Kier alpha value is -1.52. The van der Waals surface area contributed by atoms with E-state index in [1.807, 2.05) is 0 Å². The quantitative estimate of drug-likeness (QED) is 0.911. The fourth-order valence-electron chi connectivity index (χ4n) is 1.47. The van der Waals surface area contributed by atoms with Gasteiger partial charge in [-0.15, -0.1) is 0 Å². The maximum absolute atomic E-state index is 6.12. The van der Waals surface area contributed by atoms with Gasteiger partial charge in [0.1, 0.15) is 12.0 Å². The van der Waals surface area contributed by atoms with Crippen molar-refractivity contribution in [1.82, 2.24) is 9.97 Å². The van der Waals surface area contributed by atoms with Crippen molar-refractivity contribution >= 4 is 29.0 Å². The number of nitrogen functional groups attached to an aromatic ring is 1. The maximum atomic E-state index is 6.12. The monoisotopic (exact) mass is 269 g/mol. The molecule has 6 heteroatoms. The summed E-state index contributed by atoms with van der Waals surface area (Å²) in [5.41, 5.74) is 6.88. The van der Waals surface area contributed by atoms with E-state index in [0.29, 0.717) is 27.1 Å². The first-order chi connectivity index (χ1) is 8.15. The molecule has 0 bridgehead atoms. The number of aromatic nitrogens is 2. The van der Waals surface area contributed by atoms with Crippen molar-refractivity contribution in [3.8, 4) is 17.0 Å². The average Bonchev–Trinajstić information content (AvgIpc) is 2.32. The molecule has 0 saturated heterocycles. The summed E-state index contributed by atoms with van der Waals surface area (Å²) in [5.74, 6) is 0.644. The van der Waals surface area contributed by atoms with Crippen LogP contribution >= 0.6 is 23.2 Å². The molecule has 1 heterocycles. The molecule has 0 spiro atoms. The van der Waals surface area contributed by atoms with E-state index >= 15 is 0 Å². The second-order valence-corrected chi connectivity index (χ2v) is 4.03. The molecule has 0 radical (unpaired) electrons. The van der Waals surface area contributed by atoms with Crippen LogP contribution in [0.25, 0.3) is 11.3 Å². The van der Waals surface area contributed by atoms with E-state index in [1.165, 1.54) is 13.4 Å². The third kappa shape index (κ3) is 2.14. The normalized spacial score (nSPS) is 10.3. The minimum absolute atomic E-state index is 0.258. The predicted molar refractivity (Wildman–Crippen MR) is 68.5 cm³/mol. The summed E-state index contributed by atoms with van der Waals surface area (Å²) >= 11 is 12.1. The molecular weight excluding hydrogens is 261 g/mol.